The van der Waals surface area contributed by atoms with E-state index < -0.39 is 0 Å². The van der Waals surface area contributed by atoms with E-state index in [1.54, 1.807) is 0 Å². The molecule has 0 aliphatic heterocycles. The van der Waals surface area contributed by atoms with Crippen molar-refractivity contribution in [2.45, 2.75) is 6.42 Å². The number of nitrogens with one attached hydrogen (secondary N) is 1. The molecule has 60 valence electrons. The summed E-state index contributed by atoms with van der Waals surface area (Å²) in [5.41, 5.74) is 0. The van der Waals surface area contributed by atoms with Gasteiger partial charge in [0.05, 0.1) is 0 Å². The van der Waals surface area contributed by atoms with Gasteiger partial charge in [-0.2, -0.15) is 11.8 Å². The first-order valence-corrected chi connectivity index (χ1v) is 5.49. The Morgan fingerprint density at radius 1 is 1.70 bits per heavy atom. The second-order valence-corrected chi connectivity index (χ2v) is 4.15. The lowest BCUT2D eigenvalue weighted by Crippen LogP contribution is -2.16. The second-order valence-electron chi connectivity index (χ2n) is 2.04. The van der Waals surface area contributed by atoms with Crippen LogP contribution in [0.2, 0.25) is 0 Å². The third-order valence-electron chi connectivity index (χ3n) is 1.02. The zero-order chi connectivity index (χ0) is 7.82. The van der Waals surface area contributed by atoms with Gasteiger partial charge in [0, 0.05) is 11.0 Å². The largest absolute Gasteiger partial charge is 0.312 e. The summed E-state index contributed by atoms with van der Waals surface area (Å²) < 4.78 is 1.02. The van der Waals surface area contributed by atoms with Crippen LogP contribution in [0.5, 0.6) is 0 Å². The Morgan fingerprint density at radius 3 is 2.90 bits per heavy atom. The van der Waals surface area contributed by atoms with E-state index in [1.807, 2.05) is 11.8 Å². The van der Waals surface area contributed by atoms with Crippen LogP contribution in [0.4, 0.5) is 0 Å². The number of hydrogen-bond acceptors (Lipinski definition) is 2. The molecule has 0 aromatic carbocycles. The molecule has 1 nitrogen and oxygen atoms in total. The molecular formula is C7H14BrNS. The molecule has 0 aliphatic carbocycles. The average molecular weight is 224 g/mol. The molecule has 1 N–H and O–H groups in total. The molecule has 0 rings (SSSR count). The SMILES string of the molecule is C=C(Br)CNCCCSC. The molecule has 0 aromatic rings. The minimum Gasteiger partial charge on any atom is -0.312 e. The maximum atomic E-state index is 3.72. The fraction of sp³-hybridized carbons (Fsp3) is 0.714. The highest BCUT2D eigenvalue weighted by atomic mass is 79.9. The maximum Gasteiger partial charge on any atom is 0.0265 e. The van der Waals surface area contributed by atoms with E-state index in [0.29, 0.717) is 0 Å². The lowest BCUT2D eigenvalue weighted by Gasteiger charge is -2.00. The van der Waals surface area contributed by atoms with Crippen molar-refractivity contribution in [1.82, 2.24) is 5.32 Å². The molecule has 3 heteroatoms. The molecule has 0 saturated heterocycles. The van der Waals surface area contributed by atoms with Gasteiger partial charge in [-0.05, 0) is 25.0 Å². The third kappa shape index (κ3) is 8.53. The molecule has 0 amide bonds. The van der Waals surface area contributed by atoms with Crippen LogP contribution in [0.3, 0.4) is 0 Å². The van der Waals surface area contributed by atoms with Crippen LogP contribution < -0.4 is 5.32 Å². The van der Waals surface area contributed by atoms with Gasteiger partial charge in [0.25, 0.3) is 0 Å². The molecule has 0 aliphatic rings. The molecule has 0 aromatic heterocycles. The Labute approximate surface area is 75.8 Å². The Hall–Kier alpha value is 0.530. The quantitative estimate of drug-likeness (QED) is 0.694. The van der Waals surface area contributed by atoms with Crippen molar-refractivity contribution >= 4 is 27.7 Å². The van der Waals surface area contributed by atoms with Crippen molar-refractivity contribution < 1.29 is 0 Å². The topological polar surface area (TPSA) is 12.0 Å². The zero-order valence-electron chi connectivity index (χ0n) is 6.32. The summed E-state index contributed by atoms with van der Waals surface area (Å²) in [6.07, 6.45) is 3.37. The van der Waals surface area contributed by atoms with E-state index in [2.05, 4.69) is 34.1 Å². The van der Waals surface area contributed by atoms with E-state index >= 15 is 0 Å². The third-order valence-corrected chi connectivity index (χ3v) is 2.00. The van der Waals surface area contributed by atoms with Gasteiger partial charge in [-0.25, -0.2) is 0 Å². The molecule has 0 heterocycles. The van der Waals surface area contributed by atoms with Crippen molar-refractivity contribution in [3.63, 3.8) is 0 Å². The number of halogens is 1. The summed E-state index contributed by atoms with van der Waals surface area (Å²) in [4.78, 5) is 0. The molecule has 0 spiro atoms. The molecule has 0 saturated carbocycles. The van der Waals surface area contributed by atoms with Crippen LogP contribution in [0, 0.1) is 0 Å². The Balaban J connectivity index is 2.84. The molecular weight excluding hydrogens is 210 g/mol. The second kappa shape index (κ2) is 7.63. The van der Waals surface area contributed by atoms with E-state index in [4.69, 9.17) is 0 Å². The maximum absolute atomic E-state index is 3.72. The standard InChI is InChI=1S/C7H14BrNS/c1-7(8)6-9-4-3-5-10-2/h9H,1,3-6H2,2H3. The van der Waals surface area contributed by atoms with Crippen molar-refractivity contribution in [2.24, 2.45) is 0 Å². The number of thioether (sulfide) groups is 1. The van der Waals surface area contributed by atoms with Crippen molar-refractivity contribution in [3.05, 3.63) is 11.1 Å². The van der Waals surface area contributed by atoms with Gasteiger partial charge in [0.2, 0.25) is 0 Å². The van der Waals surface area contributed by atoms with Gasteiger partial charge < -0.3 is 5.32 Å². The summed E-state index contributed by atoms with van der Waals surface area (Å²) in [5, 5.41) is 3.26. The van der Waals surface area contributed by atoms with Gasteiger partial charge in [-0.3, -0.25) is 0 Å². The summed E-state index contributed by atoms with van der Waals surface area (Å²) in [6.45, 7) is 5.69. The molecule has 0 fully saturated rings. The Morgan fingerprint density at radius 2 is 2.40 bits per heavy atom. The predicted octanol–water partition coefficient (Wildman–Crippen LogP) is 2.24. The van der Waals surface area contributed by atoms with Crippen LogP contribution in [0.15, 0.2) is 11.1 Å². The highest BCUT2D eigenvalue weighted by molar-refractivity contribution is 9.11. The Kier molecular flexibility index (Phi) is 8.04. The van der Waals surface area contributed by atoms with Gasteiger partial charge >= 0.3 is 0 Å². The van der Waals surface area contributed by atoms with Gasteiger partial charge in [0.15, 0.2) is 0 Å². The first-order chi connectivity index (χ1) is 4.77. The van der Waals surface area contributed by atoms with E-state index in [1.165, 1.54) is 12.2 Å². The van der Waals surface area contributed by atoms with Crippen LogP contribution in [-0.2, 0) is 0 Å². The normalized spacial score (nSPS) is 9.80. The minimum atomic E-state index is 0.883. The fourth-order valence-corrected chi connectivity index (χ4v) is 1.20. The summed E-state index contributed by atoms with van der Waals surface area (Å²) >= 11 is 5.17. The lowest BCUT2D eigenvalue weighted by atomic mass is 10.5. The monoisotopic (exact) mass is 223 g/mol. The van der Waals surface area contributed by atoms with E-state index in [-0.39, 0.29) is 0 Å². The fourth-order valence-electron chi connectivity index (χ4n) is 0.566. The minimum absolute atomic E-state index is 0.883. The molecule has 10 heavy (non-hydrogen) atoms. The highest BCUT2D eigenvalue weighted by Crippen LogP contribution is 1.97. The summed E-state index contributed by atoms with van der Waals surface area (Å²) in [7, 11) is 0. The number of hydrogen-bond donors (Lipinski definition) is 1. The molecule has 0 radical (unpaired) electrons. The first kappa shape index (κ1) is 10.5. The number of rotatable bonds is 6. The van der Waals surface area contributed by atoms with Gasteiger partial charge in [-0.1, -0.05) is 22.5 Å². The Bertz CT molecular complexity index is 95.6. The van der Waals surface area contributed by atoms with Crippen molar-refractivity contribution in [3.8, 4) is 0 Å². The smallest absolute Gasteiger partial charge is 0.0265 e. The van der Waals surface area contributed by atoms with E-state index in [0.717, 1.165) is 17.6 Å². The van der Waals surface area contributed by atoms with Crippen LogP contribution >= 0.6 is 27.7 Å². The molecule has 0 bridgehead atoms. The van der Waals surface area contributed by atoms with Crippen molar-refractivity contribution in [2.75, 3.05) is 25.1 Å². The predicted molar refractivity (Wildman–Crippen MR) is 53.9 cm³/mol. The summed E-state index contributed by atoms with van der Waals surface area (Å²) in [5.74, 6) is 1.24. The zero-order valence-corrected chi connectivity index (χ0v) is 8.72. The van der Waals surface area contributed by atoms with Gasteiger partial charge in [-0.15, -0.1) is 0 Å². The van der Waals surface area contributed by atoms with E-state index in [9.17, 15) is 0 Å². The van der Waals surface area contributed by atoms with Gasteiger partial charge in [0.1, 0.15) is 0 Å². The molecule has 0 unspecified atom stereocenters. The highest BCUT2D eigenvalue weighted by Gasteiger charge is 1.87. The molecule has 0 atom stereocenters. The lowest BCUT2D eigenvalue weighted by molar-refractivity contribution is 0.732. The van der Waals surface area contributed by atoms with Crippen molar-refractivity contribution in [1.29, 1.82) is 0 Å². The summed E-state index contributed by atoms with van der Waals surface area (Å²) in [6, 6.07) is 0. The van der Waals surface area contributed by atoms with Crippen LogP contribution in [0.1, 0.15) is 6.42 Å². The van der Waals surface area contributed by atoms with Crippen LogP contribution in [-0.4, -0.2) is 25.1 Å². The average Bonchev–Trinajstić information content (AvgIpc) is 1.87. The van der Waals surface area contributed by atoms with Crippen LogP contribution in [0.25, 0.3) is 0 Å². The first-order valence-electron chi connectivity index (χ1n) is 3.30.